The van der Waals surface area contributed by atoms with Crippen molar-refractivity contribution in [3.05, 3.63) is 53.1 Å². The van der Waals surface area contributed by atoms with Gasteiger partial charge in [0.1, 0.15) is 18.0 Å². The highest BCUT2D eigenvalue weighted by Crippen LogP contribution is 2.37. The second-order valence-electron chi connectivity index (χ2n) is 10.5. The van der Waals surface area contributed by atoms with Crippen LogP contribution in [-0.4, -0.2) is 50.7 Å². The Bertz CT molecular complexity index is 1120. The summed E-state index contributed by atoms with van der Waals surface area (Å²) in [5.74, 6) is 0.170. The summed E-state index contributed by atoms with van der Waals surface area (Å²) in [4.78, 5) is 21.7. The van der Waals surface area contributed by atoms with Crippen molar-refractivity contribution in [2.24, 2.45) is 5.73 Å². The first-order chi connectivity index (χ1) is 16.7. The molecule has 0 saturated carbocycles. The smallest absolute Gasteiger partial charge is 0.291 e. The van der Waals surface area contributed by atoms with E-state index in [-0.39, 0.29) is 17.4 Å². The van der Waals surface area contributed by atoms with Gasteiger partial charge in [-0.25, -0.2) is 4.98 Å². The summed E-state index contributed by atoms with van der Waals surface area (Å²) in [6.07, 6.45) is 9.98. The van der Waals surface area contributed by atoms with Crippen LogP contribution in [0.25, 0.3) is 5.57 Å². The van der Waals surface area contributed by atoms with Gasteiger partial charge in [0.2, 0.25) is 0 Å². The van der Waals surface area contributed by atoms with E-state index in [2.05, 4.69) is 38.4 Å². The largest absolute Gasteiger partial charge is 0.378 e. The van der Waals surface area contributed by atoms with Crippen LogP contribution in [0.4, 0.5) is 5.69 Å². The topological polar surface area (TPSA) is 131 Å². The molecule has 1 aromatic carbocycles. The molecule has 1 aliphatic heterocycles. The van der Waals surface area contributed by atoms with Crippen LogP contribution in [0.5, 0.6) is 0 Å². The third-order valence-electron chi connectivity index (χ3n) is 6.97. The van der Waals surface area contributed by atoms with Crippen molar-refractivity contribution in [2.75, 3.05) is 18.4 Å². The standard InChI is InChI=1S/C27H36N6O2/c1-27(2,29)15-24(34)33-12-10-18(11-13-33)20-8-9-23(22(14-20)19-6-4-3-5-7-19)32-26(35)25-30-17-21(16-28)31-25/h6,8-9,14,17-18,24,34H,3-5,7,10-13,15,29H2,1-2H3,(H,30,31)(H,32,35). The second-order valence-corrected chi connectivity index (χ2v) is 10.5. The van der Waals surface area contributed by atoms with Gasteiger partial charge in [-0.2, -0.15) is 5.26 Å². The van der Waals surface area contributed by atoms with Crippen LogP contribution in [-0.2, 0) is 0 Å². The van der Waals surface area contributed by atoms with Crippen molar-refractivity contribution in [2.45, 2.75) is 76.5 Å². The summed E-state index contributed by atoms with van der Waals surface area (Å²) in [5, 5.41) is 22.6. The van der Waals surface area contributed by atoms with Crippen molar-refractivity contribution in [1.82, 2.24) is 14.9 Å². The molecule has 0 radical (unpaired) electrons. The van der Waals surface area contributed by atoms with Gasteiger partial charge < -0.3 is 21.1 Å². The number of amides is 1. The SMILES string of the molecule is CC(C)(N)CC(O)N1CCC(c2ccc(NC(=O)c3ncc(C#N)[nH]3)c(C3=CCCCC3)c2)CC1. The molecule has 1 atom stereocenters. The van der Waals surface area contributed by atoms with E-state index in [1.165, 1.54) is 23.8 Å². The number of nitrogens with two attached hydrogens (primary N) is 1. The fourth-order valence-corrected chi connectivity index (χ4v) is 5.08. The van der Waals surface area contributed by atoms with Gasteiger partial charge >= 0.3 is 0 Å². The van der Waals surface area contributed by atoms with E-state index >= 15 is 0 Å². The lowest BCUT2D eigenvalue weighted by Crippen LogP contribution is -2.46. The second kappa shape index (κ2) is 10.7. The highest BCUT2D eigenvalue weighted by atomic mass is 16.3. The molecule has 2 aromatic rings. The molecule has 8 nitrogen and oxygen atoms in total. The van der Waals surface area contributed by atoms with E-state index in [0.29, 0.717) is 12.3 Å². The van der Waals surface area contributed by atoms with Gasteiger partial charge in [0.15, 0.2) is 5.82 Å². The van der Waals surface area contributed by atoms with Gasteiger partial charge in [-0.3, -0.25) is 9.69 Å². The predicted octanol–water partition coefficient (Wildman–Crippen LogP) is 4.12. The summed E-state index contributed by atoms with van der Waals surface area (Å²) < 4.78 is 0. The Kier molecular flexibility index (Phi) is 7.70. The van der Waals surface area contributed by atoms with Gasteiger partial charge in [-0.15, -0.1) is 0 Å². The number of aliphatic hydroxyl groups excluding tert-OH is 1. The summed E-state index contributed by atoms with van der Waals surface area (Å²) in [6.45, 7) is 5.55. The zero-order valence-corrected chi connectivity index (χ0v) is 20.7. The number of aliphatic hydroxyl groups is 1. The number of allylic oxidation sites excluding steroid dienone is 2. The number of hydrogen-bond acceptors (Lipinski definition) is 6. The molecule has 2 aliphatic rings. The highest BCUT2D eigenvalue weighted by molar-refractivity contribution is 6.03. The maximum atomic E-state index is 12.8. The number of benzene rings is 1. The predicted molar refractivity (Wildman–Crippen MR) is 137 cm³/mol. The average molecular weight is 477 g/mol. The molecule has 1 saturated heterocycles. The Labute approximate surface area is 207 Å². The molecule has 35 heavy (non-hydrogen) atoms. The molecular weight excluding hydrogens is 440 g/mol. The molecule has 0 bridgehead atoms. The third kappa shape index (κ3) is 6.37. The number of piperidine rings is 1. The maximum Gasteiger partial charge on any atom is 0.291 e. The minimum absolute atomic E-state index is 0.126. The number of carbonyl (C=O) groups excluding carboxylic acids is 1. The van der Waals surface area contributed by atoms with Crippen molar-refractivity contribution in [3.8, 4) is 6.07 Å². The molecule has 1 aliphatic carbocycles. The number of H-pyrrole nitrogens is 1. The van der Waals surface area contributed by atoms with Gasteiger partial charge in [0.25, 0.3) is 5.91 Å². The number of imidazole rings is 1. The van der Waals surface area contributed by atoms with Crippen LogP contribution in [0.1, 0.15) is 92.2 Å². The summed E-state index contributed by atoms with van der Waals surface area (Å²) in [7, 11) is 0. The average Bonchev–Trinajstić information content (AvgIpc) is 3.34. The van der Waals surface area contributed by atoms with E-state index in [1.807, 2.05) is 26.0 Å². The number of nitrogens with one attached hydrogen (secondary N) is 2. The van der Waals surface area contributed by atoms with E-state index in [1.54, 1.807) is 0 Å². The van der Waals surface area contributed by atoms with Crippen molar-refractivity contribution in [3.63, 3.8) is 0 Å². The first-order valence-electron chi connectivity index (χ1n) is 12.5. The quantitative estimate of drug-likeness (QED) is 0.475. The first kappa shape index (κ1) is 25.1. The molecule has 1 fully saturated rings. The number of carbonyl (C=O) groups is 1. The van der Waals surface area contributed by atoms with E-state index < -0.39 is 11.8 Å². The van der Waals surface area contributed by atoms with E-state index in [9.17, 15) is 9.90 Å². The lowest BCUT2D eigenvalue weighted by molar-refractivity contribution is -0.0271. The van der Waals surface area contributed by atoms with Gasteiger partial charge in [-0.1, -0.05) is 12.1 Å². The van der Waals surface area contributed by atoms with Gasteiger partial charge in [0, 0.05) is 36.3 Å². The summed E-state index contributed by atoms with van der Waals surface area (Å²) in [6, 6.07) is 8.29. The molecule has 5 N–H and O–H groups in total. The number of rotatable bonds is 7. The Morgan fingerprint density at radius 3 is 2.77 bits per heavy atom. The van der Waals surface area contributed by atoms with Crippen LogP contribution < -0.4 is 11.1 Å². The van der Waals surface area contributed by atoms with Gasteiger partial charge in [0.05, 0.1) is 6.20 Å². The number of nitrogens with zero attached hydrogens (tertiary/aromatic N) is 3. The van der Waals surface area contributed by atoms with Crippen molar-refractivity contribution < 1.29 is 9.90 Å². The third-order valence-corrected chi connectivity index (χ3v) is 6.97. The lowest BCUT2D eigenvalue weighted by Gasteiger charge is -2.37. The summed E-state index contributed by atoms with van der Waals surface area (Å²) in [5.41, 5.74) is 10.3. The molecule has 8 heteroatoms. The number of likely N-dealkylation sites (tertiary alicyclic amines) is 1. The fourth-order valence-electron chi connectivity index (χ4n) is 5.08. The van der Waals surface area contributed by atoms with Crippen molar-refractivity contribution >= 4 is 17.2 Å². The number of anilines is 1. The molecule has 2 heterocycles. The minimum atomic E-state index is -0.514. The summed E-state index contributed by atoms with van der Waals surface area (Å²) >= 11 is 0. The lowest BCUT2D eigenvalue weighted by atomic mass is 9.85. The van der Waals surface area contributed by atoms with Crippen LogP contribution in [0.15, 0.2) is 30.5 Å². The zero-order valence-electron chi connectivity index (χ0n) is 20.7. The van der Waals surface area contributed by atoms with Crippen LogP contribution in [0.3, 0.4) is 0 Å². The Balaban J connectivity index is 1.51. The van der Waals surface area contributed by atoms with Gasteiger partial charge in [-0.05, 0) is 81.6 Å². The molecule has 0 spiro atoms. The molecule has 1 unspecified atom stereocenters. The molecule has 186 valence electrons. The van der Waals surface area contributed by atoms with E-state index in [0.717, 1.165) is 56.4 Å². The number of aromatic amines is 1. The fraction of sp³-hybridized carbons (Fsp3) is 0.519. The number of nitriles is 1. The van der Waals surface area contributed by atoms with E-state index in [4.69, 9.17) is 11.0 Å². The Morgan fingerprint density at radius 2 is 2.14 bits per heavy atom. The first-order valence-corrected chi connectivity index (χ1v) is 12.5. The van der Waals surface area contributed by atoms with Crippen LogP contribution in [0, 0.1) is 11.3 Å². The number of aromatic nitrogens is 2. The monoisotopic (exact) mass is 476 g/mol. The Hall–Kier alpha value is -2.99. The Morgan fingerprint density at radius 1 is 1.37 bits per heavy atom. The molecule has 1 amide bonds. The van der Waals surface area contributed by atoms with Crippen LogP contribution in [0.2, 0.25) is 0 Å². The minimum Gasteiger partial charge on any atom is -0.378 e. The van der Waals surface area contributed by atoms with Crippen LogP contribution >= 0.6 is 0 Å². The molecule has 4 rings (SSSR count). The maximum absolute atomic E-state index is 12.8. The zero-order chi connectivity index (χ0) is 25.0. The number of hydrogen-bond donors (Lipinski definition) is 4. The van der Waals surface area contributed by atoms with Crippen molar-refractivity contribution in [1.29, 1.82) is 5.26 Å². The molecule has 1 aromatic heterocycles. The molecular formula is C27H36N6O2. The highest BCUT2D eigenvalue weighted by Gasteiger charge is 2.28. The normalized spacial score (nSPS) is 18.5.